The van der Waals surface area contributed by atoms with Gasteiger partial charge in [-0.1, -0.05) is 0 Å². The number of furan rings is 1. The molecule has 0 aromatic carbocycles. The van der Waals surface area contributed by atoms with E-state index in [9.17, 15) is 19.7 Å². The molecular weight excluding hydrogens is 358 g/mol. The van der Waals surface area contributed by atoms with Crippen molar-refractivity contribution in [3.8, 4) is 0 Å². The van der Waals surface area contributed by atoms with Crippen molar-refractivity contribution in [2.45, 2.75) is 13.1 Å². The van der Waals surface area contributed by atoms with E-state index in [-0.39, 0.29) is 30.3 Å². The molecule has 0 atom stereocenters. The average Bonchev–Trinajstić information content (AvgIpc) is 3.34. The number of nitrogens with one attached hydrogen (secondary N) is 2. The van der Waals surface area contributed by atoms with Gasteiger partial charge in [-0.3, -0.25) is 14.3 Å². The zero-order valence-electron chi connectivity index (χ0n) is 14.2. The molecule has 0 saturated heterocycles. The fourth-order valence-electron chi connectivity index (χ4n) is 2.29. The predicted molar refractivity (Wildman–Crippen MR) is 90.6 cm³/mol. The summed E-state index contributed by atoms with van der Waals surface area (Å²) in [7, 11) is 1.61. The third-order valence-corrected chi connectivity index (χ3v) is 3.44. The van der Waals surface area contributed by atoms with Gasteiger partial charge in [-0.2, -0.15) is 9.78 Å². The molecule has 140 valence electrons. The van der Waals surface area contributed by atoms with Crippen LogP contribution in [0.3, 0.4) is 0 Å². The van der Waals surface area contributed by atoms with Crippen LogP contribution in [0.25, 0.3) is 0 Å². The molecule has 27 heavy (non-hydrogen) atoms. The molecule has 0 bridgehead atoms. The van der Waals surface area contributed by atoms with E-state index in [4.69, 9.17) is 4.42 Å². The summed E-state index contributed by atoms with van der Waals surface area (Å²) in [5, 5.41) is 23.5. The number of nitrogens with zero attached hydrogens (tertiary/aromatic N) is 5. The summed E-state index contributed by atoms with van der Waals surface area (Å²) in [6, 6.07) is 4.60. The molecule has 3 rings (SSSR count). The molecule has 3 heterocycles. The number of rotatable bonds is 7. The first kappa shape index (κ1) is 17.8. The van der Waals surface area contributed by atoms with Crippen LogP contribution in [0, 0.1) is 10.1 Å². The first-order valence-electron chi connectivity index (χ1n) is 7.74. The topological polar surface area (TPSA) is 150 Å². The van der Waals surface area contributed by atoms with Gasteiger partial charge in [-0.15, -0.1) is 0 Å². The fourth-order valence-corrected chi connectivity index (χ4v) is 2.29. The normalized spacial score (nSPS) is 10.6. The summed E-state index contributed by atoms with van der Waals surface area (Å²) < 4.78 is 7.65. The third-order valence-electron chi connectivity index (χ3n) is 3.44. The van der Waals surface area contributed by atoms with Crippen molar-refractivity contribution in [1.82, 2.24) is 24.9 Å². The van der Waals surface area contributed by atoms with Crippen molar-refractivity contribution in [3.05, 3.63) is 58.4 Å². The molecule has 0 saturated carbocycles. The molecule has 3 aromatic rings. The molecule has 0 unspecified atom stereocenters. The lowest BCUT2D eigenvalue weighted by Gasteiger charge is -2.05. The highest BCUT2D eigenvalue weighted by molar-refractivity contribution is 6.02. The van der Waals surface area contributed by atoms with E-state index in [1.165, 1.54) is 29.4 Å². The lowest BCUT2D eigenvalue weighted by molar-refractivity contribution is -0.389. The lowest BCUT2D eigenvalue weighted by atomic mass is 10.3. The van der Waals surface area contributed by atoms with Gasteiger partial charge < -0.3 is 25.2 Å². The number of amides is 2. The minimum atomic E-state index is -0.656. The van der Waals surface area contributed by atoms with Crippen LogP contribution >= 0.6 is 0 Å². The van der Waals surface area contributed by atoms with Crippen LogP contribution in [-0.2, 0) is 24.9 Å². The molecule has 2 amide bonds. The number of nitro groups is 1. The third kappa shape index (κ3) is 4.36. The Morgan fingerprint density at radius 3 is 2.81 bits per heavy atom. The Labute approximate surface area is 151 Å². The van der Waals surface area contributed by atoms with Gasteiger partial charge in [-0.25, -0.2) is 0 Å². The van der Waals surface area contributed by atoms with Gasteiger partial charge in [0.05, 0.1) is 35.9 Å². The van der Waals surface area contributed by atoms with Crippen LogP contribution in [0.5, 0.6) is 0 Å². The van der Waals surface area contributed by atoms with Crippen molar-refractivity contribution < 1.29 is 18.9 Å². The Kier molecular flexibility index (Phi) is 4.97. The van der Waals surface area contributed by atoms with Crippen LogP contribution in [0.2, 0.25) is 0 Å². The maximum Gasteiger partial charge on any atom is 0.389 e. The molecular formula is C15H15N7O5. The van der Waals surface area contributed by atoms with Crippen molar-refractivity contribution in [1.29, 1.82) is 0 Å². The van der Waals surface area contributed by atoms with Crippen LogP contribution in [0.4, 0.5) is 11.5 Å². The van der Waals surface area contributed by atoms with Gasteiger partial charge in [0, 0.05) is 13.2 Å². The summed E-state index contributed by atoms with van der Waals surface area (Å²) in [5.41, 5.74) is 0.241. The highest BCUT2D eigenvalue weighted by Crippen LogP contribution is 2.14. The van der Waals surface area contributed by atoms with Gasteiger partial charge in [0.1, 0.15) is 12.3 Å². The zero-order chi connectivity index (χ0) is 19.4. The Morgan fingerprint density at radius 1 is 1.33 bits per heavy atom. The monoisotopic (exact) mass is 373 g/mol. The molecule has 2 N–H and O–H groups in total. The average molecular weight is 373 g/mol. The molecule has 3 aromatic heterocycles. The maximum atomic E-state index is 12.3. The number of hydrogen-bond donors (Lipinski definition) is 2. The van der Waals surface area contributed by atoms with Crippen molar-refractivity contribution in [3.63, 3.8) is 0 Å². The molecule has 0 radical (unpaired) electrons. The maximum absolute atomic E-state index is 12.3. The van der Waals surface area contributed by atoms with E-state index in [2.05, 4.69) is 20.8 Å². The van der Waals surface area contributed by atoms with Crippen molar-refractivity contribution in [2.24, 2.45) is 7.05 Å². The molecule has 12 heteroatoms. The Hall–Kier alpha value is -3.96. The van der Waals surface area contributed by atoms with Gasteiger partial charge >= 0.3 is 5.82 Å². The van der Waals surface area contributed by atoms with Gasteiger partial charge in [0.25, 0.3) is 5.91 Å². The molecule has 0 fully saturated rings. The molecule has 0 spiro atoms. The van der Waals surface area contributed by atoms with Gasteiger partial charge in [0.15, 0.2) is 5.69 Å². The van der Waals surface area contributed by atoms with Gasteiger partial charge in [0.2, 0.25) is 5.91 Å². The van der Waals surface area contributed by atoms with Gasteiger partial charge in [-0.05, 0) is 17.1 Å². The standard InChI is InChI=1S/C15H15N7O5/c1-20-8-11(14(19-20)15(24)16-7-10-3-2-6-27-10)17-13(23)9-21-5-4-12(18-21)22(25)26/h2-6,8H,7,9H2,1H3,(H,16,24)(H,17,23). The van der Waals surface area contributed by atoms with Crippen LogP contribution in [0.15, 0.2) is 41.3 Å². The highest BCUT2D eigenvalue weighted by atomic mass is 16.6. The largest absolute Gasteiger partial charge is 0.467 e. The summed E-state index contributed by atoms with van der Waals surface area (Å²) in [6.45, 7) is -0.0804. The smallest absolute Gasteiger partial charge is 0.389 e. The Morgan fingerprint density at radius 2 is 2.15 bits per heavy atom. The van der Waals surface area contributed by atoms with Crippen molar-refractivity contribution in [2.75, 3.05) is 5.32 Å². The second kappa shape index (κ2) is 7.51. The van der Waals surface area contributed by atoms with E-state index < -0.39 is 16.7 Å². The Bertz CT molecular complexity index is 973. The quantitative estimate of drug-likeness (QED) is 0.457. The zero-order valence-corrected chi connectivity index (χ0v) is 14.2. The second-order valence-electron chi connectivity index (χ2n) is 5.50. The van der Waals surface area contributed by atoms with E-state index >= 15 is 0 Å². The van der Waals surface area contributed by atoms with Crippen LogP contribution < -0.4 is 10.6 Å². The second-order valence-corrected chi connectivity index (χ2v) is 5.50. The van der Waals surface area contributed by atoms with Crippen LogP contribution in [-0.4, -0.2) is 36.3 Å². The predicted octanol–water partition coefficient (Wildman–Crippen LogP) is 0.686. The Balaban J connectivity index is 1.64. The number of carbonyl (C=O) groups is 2. The first-order chi connectivity index (χ1) is 12.9. The summed E-state index contributed by atoms with van der Waals surface area (Å²) in [4.78, 5) is 34.5. The number of aromatic nitrogens is 4. The summed E-state index contributed by atoms with van der Waals surface area (Å²) in [6.07, 6.45) is 4.29. The summed E-state index contributed by atoms with van der Waals surface area (Å²) >= 11 is 0. The molecule has 0 aliphatic rings. The highest BCUT2D eigenvalue weighted by Gasteiger charge is 2.19. The minimum absolute atomic E-state index is 0.0313. The molecule has 12 nitrogen and oxygen atoms in total. The van der Waals surface area contributed by atoms with E-state index in [1.807, 2.05) is 0 Å². The minimum Gasteiger partial charge on any atom is -0.467 e. The van der Waals surface area contributed by atoms with E-state index in [0.717, 1.165) is 4.68 Å². The number of anilines is 1. The van der Waals surface area contributed by atoms with E-state index in [1.54, 1.807) is 19.2 Å². The molecule has 0 aliphatic heterocycles. The van der Waals surface area contributed by atoms with Crippen molar-refractivity contribution >= 4 is 23.3 Å². The van der Waals surface area contributed by atoms with Crippen LogP contribution in [0.1, 0.15) is 16.2 Å². The van der Waals surface area contributed by atoms with E-state index in [0.29, 0.717) is 5.76 Å². The SMILES string of the molecule is Cn1cc(NC(=O)Cn2ccc([N+](=O)[O-])n2)c(C(=O)NCc2ccco2)n1. The molecule has 0 aliphatic carbocycles. The summed E-state index contributed by atoms with van der Waals surface area (Å²) in [5.74, 6) is -0.787. The number of carbonyl (C=O) groups excluding carboxylic acids is 2. The first-order valence-corrected chi connectivity index (χ1v) is 7.74. The lowest BCUT2D eigenvalue weighted by Crippen LogP contribution is -2.25. The fraction of sp³-hybridized carbons (Fsp3) is 0.200. The number of hydrogen-bond acceptors (Lipinski definition) is 7. The number of aryl methyl sites for hydroxylation is 1.